The smallest absolute Gasteiger partial charge is 0.243 e. The largest absolute Gasteiger partial charge is 0.370 e. The van der Waals surface area contributed by atoms with Gasteiger partial charge in [0.05, 0.1) is 12.0 Å². The van der Waals surface area contributed by atoms with Gasteiger partial charge in [0.15, 0.2) is 0 Å². The maximum absolute atomic E-state index is 11.5. The van der Waals surface area contributed by atoms with Gasteiger partial charge in [-0.3, -0.25) is 9.59 Å². The second-order valence-corrected chi connectivity index (χ2v) is 3.86. The van der Waals surface area contributed by atoms with E-state index in [-0.39, 0.29) is 25.7 Å². The molecule has 0 aliphatic rings. The van der Waals surface area contributed by atoms with Gasteiger partial charge in [0, 0.05) is 13.1 Å². The van der Waals surface area contributed by atoms with Crippen LogP contribution in [0.4, 0.5) is 0 Å². The Balaban J connectivity index is 3.60. The van der Waals surface area contributed by atoms with E-state index in [2.05, 4.69) is 5.32 Å². The Bertz CT molecular complexity index is 229. The maximum Gasteiger partial charge on any atom is 0.243 e. The number of hydrogen-bond acceptors (Lipinski definition) is 4. The first-order chi connectivity index (χ1) is 6.90. The molecule has 0 aliphatic carbocycles. The number of carbonyl (C=O) groups is 2. The standard InChI is InChI=1S/C9H19N3O3/c1-9(2,6-10)8(14)12-3-4-15-5-7(11)13/h3-6,10H2,1-2H3,(H2,11,13)(H,12,14). The molecule has 0 atom stereocenters. The summed E-state index contributed by atoms with van der Waals surface area (Å²) in [6, 6.07) is 0. The third kappa shape index (κ3) is 6.03. The van der Waals surface area contributed by atoms with Gasteiger partial charge >= 0.3 is 0 Å². The van der Waals surface area contributed by atoms with Crippen LogP contribution in [0.15, 0.2) is 0 Å². The van der Waals surface area contributed by atoms with Crippen molar-refractivity contribution in [1.82, 2.24) is 5.32 Å². The van der Waals surface area contributed by atoms with Gasteiger partial charge in [-0.05, 0) is 13.8 Å². The Morgan fingerprint density at radius 1 is 1.40 bits per heavy atom. The van der Waals surface area contributed by atoms with Crippen molar-refractivity contribution in [3.05, 3.63) is 0 Å². The zero-order valence-corrected chi connectivity index (χ0v) is 9.21. The summed E-state index contributed by atoms with van der Waals surface area (Å²) in [7, 11) is 0. The number of nitrogens with two attached hydrogens (primary N) is 2. The molecule has 15 heavy (non-hydrogen) atoms. The van der Waals surface area contributed by atoms with Crippen LogP contribution >= 0.6 is 0 Å². The summed E-state index contributed by atoms with van der Waals surface area (Å²) in [6.07, 6.45) is 0. The van der Waals surface area contributed by atoms with Gasteiger partial charge in [0.2, 0.25) is 11.8 Å². The lowest BCUT2D eigenvalue weighted by molar-refractivity contribution is -0.129. The highest BCUT2D eigenvalue weighted by Gasteiger charge is 2.24. The normalized spacial score (nSPS) is 11.1. The molecule has 0 heterocycles. The molecule has 5 N–H and O–H groups in total. The SMILES string of the molecule is CC(C)(CN)C(=O)NCCOCC(N)=O. The van der Waals surface area contributed by atoms with Crippen LogP contribution in [0.2, 0.25) is 0 Å². The first kappa shape index (κ1) is 13.9. The molecule has 0 saturated heterocycles. The summed E-state index contributed by atoms with van der Waals surface area (Å²) in [5.41, 5.74) is 9.70. The van der Waals surface area contributed by atoms with Gasteiger partial charge in [-0.15, -0.1) is 0 Å². The van der Waals surface area contributed by atoms with E-state index in [9.17, 15) is 9.59 Å². The van der Waals surface area contributed by atoms with Crippen LogP contribution < -0.4 is 16.8 Å². The Morgan fingerprint density at radius 3 is 2.47 bits per heavy atom. The van der Waals surface area contributed by atoms with Gasteiger partial charge in [-0.2, -0.15) is 0 Å². The monoisotopic (exact) mass is 217 g/mol. The number of nitrogens with one attached hydrogen (secondary N) is 1. The van der Waals surface area contributed by atoms with E-state index in [1.54, 1.807) is 13.8 Å². The Kier molecular flexibility index (Phi) is 5.88. The molecule has 0 unspecified atom stereocenters. The van der Waals surface area contributed by atoms with E-state index in [1.807, 2.05) is 0 Å². The molecule has 2 amide bonds. The summed E-state index contributed by atoms with van der Waals surface area (Å²) in [5.74, 6) is -0.656. The topological polar surface area (TPSA) is 107 Å². The fourth-order valence-electron chi connectivity index (χ4n) is 0.741. The molecular weight excluding hydrogens is 198 g/mol. The van der Waals surface area contributed by atoms with Gasteiger partial charge < -0.3 is 21.5 Å². The predicted molar refractivity (Wildman–Crippen MR) is 55.9 cm³/mol. The van der Waals surface area contributed by atoms with E-state index < -0.39 is 11.3 Å². The van der Waals surface area contributed by atoms with Crippen molar-refractivity contribution in [2.75, 3.05) is 26.3 Å². The summed E-state index contributed by atoms with van der Waals surface area (Å²) in [5, 5.41) is 2.65. The van der Waals surface area contributed by atoms with Gasteiger partial charge in [-0.1, -0.05) is 0 Å². The van der Waals surface area contributed by atoms with Crippen LogP contribution in [0.3, 0.4) is 0 Å². The first-order valence-corrected chi connectivity index (χ1v) is 4.74. The van der Waals surface area contributed by atoms with Crippen molar-refractivity contribution in [2.45, 2.75) is 13.8 Å². The molecule has 0 aliphatic heterocycles. The third-order valence-corrected chi connectivity index (χ3v) is 1.90. The lowest BCUT2D eigenvalue weighted by Gasteiger charge is -2.21. The number of ether oxygens (including phenoxy) is 1. The minimum absolute atomic E-state index is 0.129. The van der Waals surface area contributed by atoms with Crippen molar-refractivity contribution >= 4 is 11.8 Å². The van der Waals surface area contributed by atoms with Crippen molar-refractivity contribution < 1.29 is 14.3 Å². The van der Waals surface area contributed by atoms with E-state index in [0.717, 1.165) is 0 Å². The van der Waals surface area contributed by atoms with Crippen LogP contribution in [-0.2, 0) is 14.3 Å². The number of amides is 2. The molecule has 0 radical (unpaired) electrons. The lowest BCUT2D eigenvalue weighted by Crippen LogP contribution is -2.43. The second kappa shape index (κ2) is 6.36. The summed E-state index contributed by atoms with van der Waals surface area (Å²) in [6.45, 7) is 4.27. The highest BCUT2D eigenvalue weighted by atomic mass is 16.5. The highest BCUT2D eigenvalue weighted by Crippen LogP contribution is 2.11. The first-order valence-electron chi connectivity index (χ1n) is 4.74. The van der Waals surface area contributed by atoms with Crippen LogP contribution in [0.1, 0.15) is 13.8 Å². The van der Waals surface area contributed by atoms with Crippen LogP contribution in [0, 0.1) is 5.41 Å². The molecule has 0 spiro atoms. The molecule has 0 aromatic heterocycles. The second-order valence-electron chi connectivity index (χ2n) is 3.86. The Hall–Kier alpha value is -1.14. The van der Waals surface area contributed by atoms with Crippen molar-refractivity contribution in [2.24, 2.45) is 16.9 Å². The fraction of sp³-hybridized carbons (Fsp3) is 0.778. The molecule has 0 bridgehead atoms. The summed E-state index contributed by atoms with van der Waals surface area (Å²) in [4.78, 5) is 21.7. The molecule has 0 fully saturated rings. The molecule has 6 nitrogen and oxygen atoms in total. The average molecular weight is 217 g/mol. The van der Waals surface area contributed by atoms with E-state index in [0.29, 0.717) is 6.54 Å². The van der Waals surface area contributed by atoms with Crippen molar-refractivity contribution in [1.29, 1.82) is 0 Å². The van der Waals surface area contributed by atoms with Crippen LogP contribution in [-0.4, -0.2) is 38.1 Å². The minimum atomic E-state index is -0.580. The third-order valence-electron chi connectivity index (χ3n) is 1.90. The summed E-state index contributed by atoms with van der Waals surface area (Å²) < 4.78 is 4.87. The number of carbonyl (C=O) groups excluding carboxylic acids is 2. The van der Waals surface area contributed by atoms with Crippen LogP contribution in [0.25, 0.3) is 0 Å². The predicted octanol–water partition coefficient (Wildman–Crippen LogP) is -1.41. The zero-order chi connectivity index (χ0) is 11.9. The minimum Gasteiger partial charge on any atom is -0.370 e. The molecule has 0 aromatic rings. The number of rotatable bonds is 7. The zero-order valence-electron chi connectivity index (χ0n) is 9.21. The Morgan fingerprint density at radius 2 is 2.00 bits per heavy atom. The van der Waals surface area contributed by atoms with Crippen LogP contribution in [0.5, 0.6) is 0 Å². The molecule has 88 valence electrons. The lowest BCUT2D eigenvalue weighted by atomic mass is 9.93. The molecule has 6 heteroatoms. The fourth-order valence-corrected chi connectivity index (χ4v) is 0.741. The summed E-state index contributed by atoms with van der Waals surface area (Å²) >= 11 is 0. The van der Waals surface area contributed by atoms with Crippen molar-refractivity contribution in [3.63, 3.8) is 0 Å². The number of hydrogen-bond donors (Lipinski definition) is 3. The van der Waals surface area contributed by atoms with E-state index >= 15 is 0 Å². The van der Waals surface area contributed by atoms with Gasteiger partial charge in [-0.25, -0.2) is 0 Å². The highest BCUT2D eigenvalue weighted by molar-refractivity contribution is 5.82. The molecule has 0 rings (SSSR count). The molecule has 0 aromatic carbocycles. The molecule has 0 saturated carbocycles. The van der Waals surface area contributed by atoms with E-state index in [4.69, 9.17) is 16.2 Å². The van der Waals surface area contributed by atoms with Crippen molar-refractivity contribution in [3.8, 4) is 0 Å². The van der Waals surface area contributed by atoms with Gasteiger partial charge in [0.1, 0.15) is 6.61 Å². The molecular formula is C9H19N3O3. The number of primary amides is 1. The Labute approximate surface area is 89.3 Å². The maximum atomic E-state index is 11.5. The van der Waals surface area contributed by atoms with E-state index in [1.165, 1.54) is 0 Å². The van der Waals surface area contributed by atoms with Gasteiger partial charge in [0.25, 0.3) is 0 Å². The quantitative estimate of drug-likeness (QED) is 0.455. The average Bonchev–Trinajstić information content (AvgIpc) is 2.16.